The van der Waals surface area contributed by atoms with E-state index in [1.165, 1.54) is 37.4 Å². The number of carbonyl (C=O) groups is 1. The molecule has 0 bridgehead atoms. The number of nitrogens with zero attached hydrogens (tertiary/aromatic N) is 3. The van der Waals surface area contributed by atoms with Gasteiger partial charge in [0.1, 0.15) is 5.75 Å². The number of nitrogens with one attached hydrogen (secondary N) is 1. The maximum Gasteiger partial charge on any atom is 0.230 e. The van der Waals surface area contributed by atoms with Crippen LogP contribution in [0.15, 0.2) is 48.1 Å². The first-order valence-electron chi connectivity index (χ1n) is 10.3. The van der Waals surface area contributed by atoms with Crippen molar-refractivity contribution in [1.29, 1.82) is 0 Å². The van der Waals surface area contributed by atoms with Crippen molar-refractivity contribution in [3.63, 3.8) is 0 Å². The molecule has 1 fully saturated rings. The zero-order chi connectivity index (χ0) is 20.5. The molecule has 1 aromatic carbocycles. The summed E-state index contributed by atoms with van der Waals surface area (Å²) in [4.78, 5) is 12.4. The summed E-state index contributed by atoms with van der Waals surface area (Å²) in [6.07, 6.45) is 8.67. The molecule has 1 amide bonds. The summed E-state index contributed by atoms with van der Waals surface area (Å²) in [6.45, 7) is 6.35. The van der Waals surface area contributed by atoms with Gasteiger partial charge in [0.25, 0.3) is 0 Å². The molecule has 6 nitrogen and oxygen atoms in total. The number of allylic oxidation sites excluding steroid dienone is 1. The predicted octanol–water partition coefficient (Wildman–Crippen LogP) is 4.54. The van der Waals surface area contributed by atoms with Gasteiger partial charge < -0.3 is 10.1 Å². The van der Waals surface area contributed by atoms with E-state index in [0.717, 1.165) is 24.4 Å². The molecule has 3 rings (SSSR count). The second-order valence-corrected chi connectivity index (χ2v) is 8.30. The van der Waals surface area contributed by atoms with Crippen molar-refractivity contribution in [1.82, 2.24) is 20.1 Å². The number of hydrogen-bond acceptors (Lipinski definition) is 5. The number of para-hydroxylation sites is 1. The third-order valence-corrected chi connectivity index (χ3v) is 6.00. The van der Waals surface area contributed by atoms with E-state index in [4.69, 9.17) is 4.74 Å². The number of thioether (sulfide) groups is 1. The Kier molecular flexibility index (Phi) is 8.16. The molecule has 7 heteroatoms. The molecular weight excluding hydrogens is 384 g/mol. The summed E-state index contributed by atoms with van der Waals surface area (Å²) >= 11 is 1.41. The minimum Gasteiger partial charge on any atom is -0.483 e. The van der Waals surface area contributed by atoms with Crippen LogP contribution in [0.25, 0.3) is 0 Å². The van der Waals surface area contributed by atoms with Crippen LogP contribution >= 0.6 is 11.8 Å². The largest absolute Gasteiger partial charge is 0.483 e. The third kappa shape index (κ3) is 6.35. The van der Waals surface area contributed by atoms with Gasteiger partial charge in [-0.3, -0.25) is 9.36 Å². The summed E-state index contributed by atoms with van der Waals surface area (Å²) in [5.74, 6) is 1.90. The maximum absolute atomic E-state index is 12.4. The van der Waals surface area contributed by atoms with E-state index >= 15 is 0 Å². The van der Waals surface area contributed by atoms with Gasteiger partial charge in [0.05, 0.1) is 5.75 Å². The van der Waals surface area contributed by atoms with Crippen molar-refractivity contribution < 1.29 is 9.53 Å². The van der Waals surface area contributed by atoms with Crippen LogP contribution in [0.4, 0.5) is 0 Å². The molecule has 156 valence electrons. The van der Waals surface area contributed by atoms with Crippen LogP contribution < -0.4 is 10.1 Å². The highest BCUT2D eigenvalue weighted by Crippen LogP contribution is 2.25. The van der Waals surface area contributed by atoms with Gasteiger partial charge in [-0.05, 0) is 31.9 Å². The first-order valence-corrected chi connectivity index (χ1v) is 11.3. The molecule has 1 saturated carbocycles. The number of aromatic nitrogens is 3. The average Bonchev–Trinajstić information content (AvgIpc) is 2.94. The van der Waals surface area contributed by atoms with Gasteiger partial charge in [0.2, 0.25) is 5.91 Å². The average molecular weight is 415 g/mol. The lowest BCUT2D eigenvalue weighted by Crippen LogP contribution is -2.35. The normalized spacial score (nSPS) is 16.0. The first-order chi connectivity index (χ1) is 14.2. The van der Waals surface area contributed by atoms with Crippen molar-refractivity contribution in [3.05, 3.63) is 48.8 Å². The van der Waals surface area contributed by atoms with Crippen LogP contribution in [0, 0.1) is 0 Å². The van der Waals surface area contributed by atoms with Gasteiger partial charge in [-0.15, -0.1) is 16.8 Å². The van der Waals surface area contributed by atoms with Crippen molar-refractivity contribution in [2.24, 2.45) is 0 Å². The minimum absolute atomic E-state index is 0.0604. The molecule has 1 aromatic heterocycles. The van der Waals surface area contributed by atoms with Gasteiger partial charge in [-0.2, -0.15) is 0 Å². The third-order valence-electron chi connectivity index (χ3n) is 5.03. The number of hydrogen-bond donors (Lipinski definition) is 1. The Labute approximate surface area is 177 Å². The summed E-state index contributed by atoms with van der Waals surface area (Å²) in [6, 6.07) is 9.96. The van der Waals surface area contributed by atoms with Crippen LogP contribution in [0.3, 0.4) is 0 Å². The Hall–Kier alpha value is -2.28. The van der Waals surface area contributed by atoms with E-state index in [0.29, 0.717) is 23.5 Å². The molecule has 0 aliphatic heterocycles. The fourth-order valence-electron chi connectivity index (χ4n) is 3.59. The maximum atomic E-state index is 12.4. The molecule has 2 aromatic rings. The summed E-state index contributed by atoms with van der Waals surface area (Å²) < 4.78 is 7.95. The molecule has 0 saturated heterocycles. The van der Waals surface area contributed by atoms with Crippen LogP contribution in [0.1, 0.15) is 57.4 Å². The van der Waals surface area contributed by atoms with Crippen molar-refractivity contribution >= 4 is 17.7 Å². The monoisotopic (exact) mass is 414 g/mol. The van der Waals surface area contributed by atoms with Crippen molar-refractivity contribution in [3.8, 4) is 5.75 Å². The molecule has 29 heavy (non-hydrogen) atoms. The smallest absolute Gasteiger partial charge is 0.230 e. The number of ether oxygens (including phenoxy) is 1. The topological polar surface area (TPSA) is 69.0 Å². The molecule has 1 aliphatic carbocycles. The Balaban J connectivity index is 1.60. The minimum atomic E-state index is -0.265. The number of amides is 1. The lowest BCUT2D eigenvalue weighted by atomic mass is 10.1. The lowest BCUT2D eigenvalue weighted by Gasteiger charge is -2.17. The van der Waals surface area contributed by atoms with Gasteiger partial charge in [0, 0.05) is 12.6 Å². The molecule has 1 atom stereocenters. The Morgan fingerprint density at radius 3 is 2.69 bits per heavy atom. The summed E-state index contributed by atoms with van der Waals surface area (Å²) in [5.41, 5.74) is 0. The molecule has 1 unspecified atom stereocenters. The quantitative estimate of drug-likeness (QED) is 0.371. The SMILES string of the molecule is C=CCn1c(SCC(=O)NC2CCCCCC2)nnc1C(C)Oc1ccccc1. The molecular formula is C22H30N4O2S. The van der Waals surface area contributed by atoms with E-state index in [1.54, 1.807) is 6.08 Å². The van der Waals surface area contributed by atoms with E-state index in [-0.39, 0.29) is 12.0 Å². The molecule has 0 radical (unpaired) electrons. The zero-order valence-electron chi connectivity index (χ0n) is 17.0. The second-order valence-electron chi connectivity index (χ2n) is 7.36. The molecule has 1 aliphatic rings. The van der Waals surface area contributed by atoms with E-state index in [1.807, 2.05) is 41.8 Å². The van der Waals surface area contributed by atoms with Crippen LogP contribution in [-0.4, -0.2) is 32.5 Å². The van der Waals surface area contributed by atoms with Gasteiger partial charge in [-0.25, -0.2) is 0 Å². The van der Waals surface area contributed by atoms with Crippen LogP contribution in [0.5, 0.6) is 5.75 Å². The standard InChI is InChI=1S/C22H30N4O2S/c1-3-15-26-21(17(2)28-19-13-9-6-10-14-19)24-25-22(26)29-16-20(27)23-18-11-7-4-5-8-12-18/h3,6,9-10,13-14,17-18H,1,4-5,7-8,11-12,15-16H2,2H3,(H,23,27). The summed E-state index contributed by atoms with van der Waals surface area (Å²) in [7, 11) is 0. The zero-order valence-corrected chi connectivity index (χ0v) is 17.9. The predicted molar refractivity (Wildman–Crippen MR) is 116 cm³/mol. The van der Waals surface area contributed by atoms with Crippen LogP contribution in [-0.2, 0) is 11.3 Å². The van der Waals surface area contributed by atoms with Crippen molar-refractivity contribution in [2.45, 2.75) is 69.3 Å². The molecule has 1 N–H and O–H groups in total. The Morgan fingerprint density at radius 1 is 1.28 bits per heavy atom. The highest BCUT2D eigenvalue weighted by molar-refractivity contribution is 7.99. The van der Waals surface area contributed by atoms with Gasteiger partial charge >= 0.3 is 0 Å². The Morgan fingerprint density at radius 2 is 2.00 bits per heavy atom. The number of carbonyl (C=O) groups excluding carboxylic acids is 1. The number of rotatable bonds is 9. The van der Waals surface area contributed by atoms with Crippen molar-refractivity contribution in [2.75, 3.05) is 5.75 Å². The van der Waals surface area contributed by atoms with E-state index in [2.05, 4.69) is 22.1 Å². The van der Waals surface area contributed by atoms with E-state index in [9.17, 15) is 4.79 Å². The lowest BCUT2D eigenvalue weighted by molar-refractivity contribution is -0.119. The fraction of sp³-hybridized carbons (Fsp3) is 0.500. The molecule has 0 spiro atoms. The highest BCUT2D eigenvalue weighted by Gasteiger charge is 2.20. The van der Waals surface area contributed by atoms with Gasteiger partial charge in [0.15, 0.2) is 17.1 Å². The second kappa shape index (κ2) is 11.0. The summed E-state index contributed by atoms with van der Waals surface area (Å²) in [5, 5.41) is 12.5. The van der Waals surface area contributed by atoms with E-state index < -0.39 is 0 Å². The highest BCUT2D eigenvalue weighted by atomic mass is 32.2. The first kappa shape index (κ1) is 21.4. The molecule has 1 heterocycles. The number of benzene rings is 1. The van der Waals surface area contributed by atoms with Crippen LogP contribution in [0.2, 0.25) is 0 Å². The fourth-order valence-corrected chi connectivity index (χ4v) is 4.35. The van der Waals surface area contributed by atoms with Gasteiger partial charge in [-0.1, -0.05) is 61.7 Å². The Bertz CT molecular complexity index is 785.